The highest BCUT2D eigenvalue weighted by Crippen LogP contribution is 2.28. The van der Waals surface area contributed by atoms with Crippen LogP contribution in [0, 0.1) is 0 Å². The lowest BCUT2D eigenvalue weighted by Crippen LogP contribution is -2.09. The molecule has 1 rings (SSSR count). The normalized spacial score (nSPS) is 12.2. The van der Waals surface area contributed by atoms with Crippen molar-refractivity contribution in [1.82, 2.24) is 0 Å². The molecule has 2 N–H and O–H groups in total. The first-order valence-corrected chi connectivity index (χ1v) is 4.56. The Bertz CT molecular complexity index is 229. The van der Waals surface area contributed by atoms with E-state index < -0.39 is 6.67 Å². The van der Waals surface area contributed by atoms with Crippen LogP contribution in [0.1, 0.15) is 17.3 Å². The van der Waals surface area contributed by atoms with Gasteiger partial charge in [-0.1, -0.05) is 11.6 Å². The third-order valence-corrected chi connectivity index (χ3v) is 2.89. The van der Waals surface area contributed by atoms with Gasteiger partial charge in [-0.3, -0.25) is 4.39 Å². The predicted octanol–water partition coefficient (Wildman–Crippen LogP) is 3.18. The summed E-state index contributed by atoms with van der Waals surface area (Å²) in [6.07, 6.45) is 0.347. The van der Waals surface area contributed by atoms with E-state index in [4.69, 9.17) is 17.3 Å². The van der Waals surface area contributed by atoms with Crippen LogP contribution in [0.3, 0.4) is 0 Å². The van der Waals surface area contributed by atoms with Gasteiger partial charge >= 0.3 is 0 Å². The van der Waals surface area contributed by atoms with Crippen LogP contribution >= 0.6 is 35.3 Å². The fourth-order valence-electron chi connectivity index (χ4n) is 0.819. The van der Waals surface area contributed by atoms with E-state index >= 15 is 0 Å². The fraction of sp³-hybridized carbons (Fsp3) is 0.429. The van der Waals surface area contributed by atoms with E-state index in [1.54, 1.807) is 6.07 Å². The van der Waals surface area contributed by atoms with Gasteiger partial charge in [-0.25, -0.2) is 0 Å². The number of alkyl halides is 1. The molecule has 0 spiro atoms. The zero-order valence-electron chi connectivity index (χ0n) is 6.30. The Morgan fingerprint density at radius 3 is 2.75 bits per heavy atom. The highest BCUT2D eigenvalue weighted by molar-refractivity contribution is 7.10. The van der Waals surface area contributed by atoms with Gasteiger partial charge in [0.2, 0.25) is 0 Å². The maximum atomic E-state index is 11.8. The molecule has 1 nitrogen and oxygen atoms in total. The highest BCUT2D eigenvalue weighted by Gasteiger charge is 2.10. The molecular weight excluding hydrogens is 220 g/mol. The van der Waals surface area contributed by atoms with E-state index in [-0.39, 0.29) is 18.4 Å². The standard InChI is InChI=1S/C7H9ClFNS.ClH/c8-5-2-4-11-7(5)6(10)1-3-9;/h2,4,6H,1,3,10H2;1H/t6-;/m0./s1. The van der Waals surface area contributed by atoms with Gasteiger partial charge in [-0.15, -0.1) is 23.7 Å². The van der Waals surface area contributed by atoms with Gasteiger partial charge in [0.1, 0.15) is 0 Å². The molecule has 12 heavy (non-hydrogen) atoms. The van der Waals surface area contributed by atoms with E-state index in [1.165, 1.54) is 11.3 Å². The van der Waals surface area contributed by atoms with E-state index in [9.17, 15) is 4.39 Å². The molecule has 0 unspecified atom stereocenters. The summed E-state index contributed by atoms with van der Waals surface area (Å²) in [6, 6.07) is 1.53. The molecular formula is C7H10Cl2FNS. The van der Waals surface area contributed by atoms with Crippen molar-refractivity contribution < 1.29 is 4.39 Å². The Balaban J connectivity index is 0.00000121. The summed E-state index contributed by atoms with van der Waals surface area (Å²) in [5.74, 6) is 0. The minimum absolute atomic E-state index is 0. The van der Waals surface area contributed by atoms with Gasteiger partial charge in [-0.05, 0) is 17.9 Å². The highest BCUT2D eigenvalue weighted by atomic mass is 35.5. The molecule has 1 heterocycles. The van der Waals surface area contributed by atoms with Crippen molar-refractivity contribution in [3.63, 3.8) is 0 Å². The molecule has 0 bridgehead atoms. The summed E-state index contributed by atoms with van der Waals surface area (Å²) in [7, 11) is 0. The lowest BCUT2D eigenvalue weighted by Gasteiger charge is -2.06. The molecule has 70 valence electrons. The van der Waals surface area contributed by atoms with Gasteiger partial charge in [-0.2, -0.15) is 0 Å². The van der Waals surface area contributed by atoms with Crippen molar-refractivity contribution in [2.45, 2.75) is 12.5 Å². The third kappa shape index (κ3) is 2.90. The van der Waals surface area contributed by atoms with Crippen molar-refractivity contribution in [3.05, 3.63) is 21.3 Å². The molecule has 0 saturated heterocycles. The van der Waals surface area contributed by atoms with Crippen LogP contribution in [0.2, 0.25) is 5.02 Å². The Labute approximate surface area is 86.1 Å². The number of hydrogen-bond donors (Lipinski definition) is 1. The Hall–Kier alpha value is 0.170. The molecule has 1 atom stereocenters. The molecule has 0 amide bonds. The Kier molecular flexibility index (Phi) is 5.84. The summed E-state index contributed by atoms with van der Waals surface area (Å²) in [5.41, 5.74) is 5.64. The monoisotopic (exact) mass is 229 g/mol. The second kappa shape index (κ2) is 5.75. The first-order chi connectivity index (χ1) is 5.25. The molecule has 0 aliphatic carbocycles. The first-order valence-electron chi connectivity index (χ1n) is 3.30. The van der Waals surface area contributed by atoms with Crippen molar-refractivity contribution in [3.8, 4) is 0 Å². The molecule has 1 aromatic heterocycles. The minimum Gasteiger partial charge on any atom is -0.323 e. The number of nitrogens with two attached hydrogens (primary N) is 1. The van der Waals surface area contributed by atoms with Gasteiger partial charge < -0.3 is 5.73 Å². The number of thiophene rings is 1. The van der Waals surface area contributed by atoms with Crippen LogP contribution < -0.4 is 5.73 Å². The molecule has 0 aliphatic rings. The zero-order valence-corrected chi connectivity index (χ0v) is 8.68. The average molecular weight is 230 g/mol. The maximum absolute atomic E-state index is 11.8. The third-order valence-electron chi connectivity index (χ3n) is 1.40. The summed E-state index contributed by atoms with van der Waals surface area (Å²) in [6.45, 7) is -0.393. The second-order valence-corrected chi connectivity index (χ2v) is 3.57. The maximum Gasteiger partial charge on any atom is 0.0912 e. The molecule has 0 saturated carbocycles. The molecule has 0 aromatic carbocycles. The van der Waals surface area contributed by atoms with E-state index in [2.05, 4.69) is 0 Å². The van der Waals surface area contributed by atoms with E-state index in [1.807, 2.05) is 5.38 Å². The van der Waals surface area contributed by atoms with E-state index in [0.717, 1.165) is 4.88 Å². The van der Waals surface area contributed by atoms with Gasteiger partial charge in [0.25, 0.3) is 0 Å². The van der Waals surface area contributed by atoms with Crippen molar-refractivity contribution in [1.29, 1.82) is 0 Å². The van der Waals surface area contributed by atoms with Gasteiger partial charge in [0.05, 0.1) is 11.7 Å². The molecule has 5 heteroatoms. The summed E-state index contributed by atoms with van der Waals surface area (Å²) in [5, 5.41) is 2.51. The first kappa shape index (κ1) is 12.2. The topological polar surface area (TPSA) is 26.0 Å². The Morgan fingerprint density at radius 2 is 2.33 bits per heavy atom. The van der Waals surface area contributed by atoms with Gasteiger partial charge in [0.15, 0.2) is 0 Å². The summed E-state index contributed by atoms with van der Waals surface area (Å²) < 4.78 is 11.8. The SMILES string of the molecule is Cl.N[C@@H](CCF)c1sccc1Cl. The van der Waals surface area contributed by atoms with Crippen LogP contribution in [0.4, 0.5) is 4.39 Å². The smallest absolute Gasteiger partial charge is 0.0912 e. The molecule has 1 aromatic rings. The number of hydrogen-bond acceptors (Lipinski definition) is 2. The number of halogens is 3. The zero-order chi connectivity index (χ0) is 8.27. The summed E-state index contributed by atoms with van der Waals surface area (Å²) >= 11 is 7.25. The fourth-order valence-corrected chi connectivity index (χ4v) is 2.05. The van der Waals surface area contributed by atoms with Crippen LogP contribution in [-0.4, -0.2) is 6.67 Å². The van der Waals surface area contributed by atoms with Crippen LogP contribution in [0.15, 0.2) is 11.4 Å². The van der Waals surface area contributed by atoms with Crippen molar-refractivity contribution >= 4 is 35.3 Å². The average Bonchev–Trinajstić information content (AvgIpc) is 2.36. The Morgan fingerprint density at radius 1 is 1.67 bits per heavy atom. The van der Waals surface area contributed by atoms with Crippen LogP contribution in [0.25, 0.3) is 0 Å². The van der Waals surface area contributed by atoms with Crippen molar-refractivity contribution in [2.24, 2.45) is 5.73 Å². The lowest BCUT2D eigenvalue weighted by molar-refractivity contribution is 0.444. The van der Waals surface area contributed by atoms with Crippen LogP contribution in [0.5, 0.6) is 0 Å². The summed E-state index contributed by atoms with van der Waals surface area (Å²) in [4.78, 5) is 0.879. The molecule has 0 radical (unpaired) electrons. The van der Waals surface area contributed by atoms with E-state index in [0.29, 0.717) is 11.4 Å². The largest absolute Gasteiger partial charge is 0.323 e. The second-order valence-electron chi connectivity index (χ2n) is 2.22. The van der Waals surface area contributed by atoms with Crippen molar-refractivity contribution in [2.75, 3.05) is 6.67 Å². The molecule has 0 fully saturated rings. The van der Waals surface area contributed by atoms with Crippen LogP contribution in [-0.2, 0) is 0 Å². The minimum atomic E-state index is -0.393. The predicted molar refractivity (Wildman–Crippen MR) is 54.1 cm³/mol. The lowest BCUT2D eigenvalue weighted by atomic mass is 10.2. The van der Waals surface area contributed by atoms with Gasteiger partial charge in [0, 0.05) is 10.9 Å². The molecule has 0 aliphatic heterocycles. The quantitative estimate of drug-likeness (QED) is 0.847. The number of rotatable bonds is 3.